The molecule has 3 nitrogen and oxygen atoms in total. The molecule has 1 aliphatic rings. The van der Waals surface area contributed by atoms with Crippen molar-refractivity contribution < 1.29 is 10.2 Å². The Balaban J connectivity index is 2.21. The molecule has 0 spiro atoms. The number of unbranched alkanes of at least 4 members (excludes halogenated alkanes) is 1. The fourth-order valence-corrected chi connectivity index (χ4v) is 2.82. The van der Waals surface area contributed by atoms with Gasteiger partial charge in [-0.15, -0.1) is 0 Å². The molecule has 1 aliphatic carbocycles. The maximum Gasteiger partial charge on any atom is 0.0669 e. The molecule has 102 valence electrons. The Hall–Kier alpha value is -0.120. The lowest BCUT2D eigenvalue weighted by molar-refractivity contribution is 0.0811. The van der Waals surface area contributed by atoms with Crippen molar-refractivity contribution in [2.75, 3.05) is 26.2 Å². The molecule has 0 amide bonds. The van der Waals surface area contributed by atoms with Crippen LogP contribution in [0.1, 0.15) is 51.9 Å². The molecule has 0 aliphatic heterocycles. The Kier molecular flexibility index (Phi) is 7.82. The van der Waals surface area contributed by atoms with Gasteiger partial charge in [0.05, 0.1) is 12.7 Å². The van der Waals surface area contributed by atoms with Crippen molar-refractivity contribution in [2.24, 2.45) is 5.92 Å². The van der Waals surface area contributed by atoms with E-state index in [1.54, 1.807) is 0 Å². The lowest BCUT2D eigenvalue weighted by Gasteiger charge is -2.25. The van der Waals surface area contributed by atoms with Gasteiger partial charge in [0.15, 0.2) is 0 Å². The lowest BCUT2D eigenvalue weighted by Crippen LogP contribution is -2.36. The zero-order chi connectivity index (χ0) is 12.5. The fourth-order valence-electron chi connectivity index (χ4n) is 2.82. The first-order valence-corrected chi connectivity index (χ1v) is 7.27. The van der Waals surface area contributed by atoms with Gasteiger partial charge in [-0.05, 0) is 25.3 Å². The molecule has 1 rings (SSSR count). The predicted molar refractivity (Wildman–Crippen MR) is 71.0 cm³/mol. The number of rotatable bonds is 9. The minimum atomic E-state index is -0.207. The first kappa shape index (κ1) is 14.9. The summed E-state index contributed by atoms with van der Waals surface area (Å²) in [5.74, 6) is 0.743. The van der Waals surface area contributed by atoms with Gasteiger partial charge in [-0.3, -0.25) is 4.90 Å². The van der Waals surface area contributed by atoms with E-state index in [4.69, 9.17) is 5.11 Å². The molecule has 0 bridgehead atoms. The van der Waals surface area contributed by atoms with E-state index in [-0.39, 0.29) is 12.7 Å². The smallest absolute Gasteiger partial charge is 0.0669 e. The van der Waals surface area contributed by atoms with Gasteiger partial charge in [0.1, 0.15) is 0 Å². The molecule has 0 aromatic rings. The van der Waals surface area contributed by atoms with Crippen LogP contribution in [0, 0.1) is 5.92 Å². The molecule has 3 heteroatoms. The molecule has 0 aromatic carbocycles. The van der Waals surface area contributed by atoms with Gasteiger partial charge in [-0.1, -0.05) is 39.0 Å². The van der Waals surface area contributed by atoms with E-state index in [9.17, 15) is 5.11 Å². The van der Waals surface area contributed by atoms with Crippen LogP contribution in [-0.4, -0.2) is 47.5 Å². The Morgan fingerprint density at radius 3 is 2.53 bits per heavy atom. The largest absolute Gasteiger partial charge is 0.395 e. The first-order valence-electron chi connectivity index (χ1n) is 7.27. The monoisotopic (exact) mass is 243 g/mol. The van der Waals surface area contributed by atoms with E-state index in [0.717, 1.165) is 31.8 Å². The van der Waals surface area contributed by atoms with Crippen LogP contribution in [0.2, 0.25) is 0 Å². The second-order valence-electron chi connectivity index (χ2n) is 5.42. The number of aliphatic hydroxyl groups is 2. The topological polar surface area (TPSA) is 43.7 Å². The summed E-state index contributed by atoms with van der Waals surface area (Å²) >= 11 is 0. The standard InChI is InChI=1S/C14H29NO2/c1-2-3-8-15(9-10-16)12-14(17)11-13-6-4-5-7-13/h13-14,16-17H,2-12H2,1H3. The van der Waals surface area contributed by atoms with Crippen molar-refractivity contribution >= 4 is 0 Å². The van der Waals surface area contributed by atoms with Crippen LogP contribution < -0.4 is 0 Å². The third-order valence-electron chi connectivity index (χ3n) is 3.79. The third-order valence-corrected chi connectivity index (χ3v) is 3.79. The average molecular weight is 243 g/mol. The molecule has 17 heavy (non-hydrogen) atoms. The zero-order valence-electron chi connectivity index (χ0n) is 11.3. The maximum atomic E-state index is 10.1. The average Bonchev–Trinajstić information content (AvgIpc) is 2.78. The van der Waals surface area contributed by atoms with Crippen molar-refractivity contribution in [3.05, 3.63) is 0 Å². The van der Waals surface area contributed by atoms with E-state index in [2.05, 4.69) is 11.8 Å². The lowest BCUT2D eigenvalue weighted by atomic mass is 10.00. The normalized spacial score (nSPS) is 19.1. The molecule has 1 atom stereocenters. The van der Waals surface area contributed by atoms with Gasteiger partial charge in [0, 0.05) is 13.1 Å². The summed E-state index contributed by atoms with van der Waals surface area (Å²) in [4.78, 5) is 2.20. The highest BCUT2D eigenvalue weighted by molar-refractivity contribution is 4.73. The van der Waals surface area contributed by atoms with E-state index < -0.39 is 0 Å². The van der Waals surface area contributed by atoms with Crippen molar-refractivity contribution in [1.29, 1.82) is 0 Å². The molecule has 2 N–H and O–H groups in total. The minimum absolute atomic E-state index is 0.194. The van der Waals surface area contributed by atoms with E-state index in [0.29, 0.717) is 6.54 Å². The molecule has 1 unspecified atom stereocenters. The van der Waals surface area contributed by atoms with Crippen LogP contribution in [0.5, 0.6) is 0 Å². The number of nitrogens with zero attached hydrogens (tertiary/aromatic N) is 1. The number of hydrogen-bond donors (Lipinski definition) is 2. The van der Waals surface area contributed by atoms with E-state index in [1.165, 1.54) is 32.1 Å². The van der Waals surface area contributed by atoms with Gasteiger partial charge in [-0.2, -0.15) is 0 Å². The van der Waals surface area contributed by atoms with Crippen LogP contribution >= 0.6 is 0 Å². The fraction of sp³-hybridized carbons (Fsp3) is 1.00. The molecule has 0 saturated heterocycles. The van der Waals surface area contributed by atoms with Crippen molar-refractivity contribution in [3.8, 4) is 0 Å². The molecule has 1 saturated carbocycles. The maximum absolute atomic E-state index is 10.1. The third kappa shape index (κ3) is 6.39. The van der Waals surface area contributed by atoms with E-state index in [1.807, 2.05) is 0 Å². The number of hydrogen-bond acceptors (Lipinski definition) is 3. The highest BCUT2D eigenvalue weighted by Crippen LogP contribution is 2.28. The molecule has 1 fully saturated rings. The Bertz CT molecular complexity index is 181. The van der Waals surface area contributed by atoms with Crippen LogP contribution in [-0.2, 0) is 0 Å². The molecule has 0 heterocycles. The molecule has 0 aromatic heterocycles. The van der Waals surface area contributed by atoms with Crippen molar-refractivity contribution in [1.82, 2.24) is 4.90 Å². The molecular weight excluding hydrogens is 214 g/mol. The van der Waals surface area contributed by atoms with Crippen molar-refractivity contribution in [3.63, 3.8) is 0 Å². The Morgan fingerprint density at radius 2 is 1.94 bits per heavy atom. The van der Waals surface area contributed by atoms with Gasteiger partial charge in [0.2, 0.25) is 0 Å². The SMILES string of the molecule is CCCCN(CCO)CC(O)CC1CCCC1. The summed E-state index contributed by atoms with van der Waals surface area (Å²) in [5, 5.41) is 19.1. The highest BCUT2D eigenvalue weighted by atomic mass is 16.3. The summed E-state index contributed by atoms with van der Waals surface area (Å²) in [7, 11) is 0. The second-order valence-corrected chi connectivity index (χ2v) is 5.42. The van der Waals surface area contributed by atoms with Crippen LogP contribution in [0.3, 0.4) is 0 Å². The van der Waals surface area contributed by atoms with Crippen LogP contribution in [0.15, 0.2) is 0 Å². The minimum Gasteiger partial charge on any atom is -0.395 e. The van der Waals surface area contributed by atoms with Gasteiger partial charge < -0.3 is 10.2 Å². The second kappa shape index (κ2) is 8.90. The van der Waals surface area contributed by atoms with E-state index >= 15 is 0 Å². The van der Waals surface area contributed by atoms with Crippen LogP contribution in [0.25, 0.3) is 0 Å². The first-order chi connectivity index (χ1) is 8.26. The summed E-state index contributed by atoms with van der Waals surface area (Å²) < 4.78 is 0. The Morgan fingerprint density at radius 1 is 1.24 bits per heavy atom. The summed E-state index contributed by atoms with van der Waals surface area (Å²) in [6, 6.07) is 0. The van der Waals surface area contributed by atoms with Gasteiger partial charge in [-0.25, -0.2) is 0 Å². The van der Waals surface area contributed by atoms with Crippen LogP contribution in [0.4, 0.5) is 0 Å². The van der Waals surface area contributed by atoms with Gasteiger partial charge >= 0.3 is 0 Å². The Labute approximate surface area is 106 Å². The number of aliphatic hydroxyl groups excluding tert-OH is 2. The zero-order valence-corrected chi connectivity index (χ0v) is 11.3. The molecular formula is C14H29NO2. The summed E-state index contributed by atoms with van der Waals surface area (Å²) in [5.41, 5.74) is 0. The predicted octanol–water partition coefficient (Wildman–Crippen LogP) is 2.02. The summed E-state index contributed by atoms with van der Waals surface area (Å²) in [6.07, 6.45) is 8.34. The highest BCUT2D eigenvalue weighted by Gasteiger charge is 2.20. The molecule has 0 radical (unpaired) electrons. The van der Waals surface area contributed by atoms with Gasteiger partial charge in [0.25, 0.3) is 0 Å². The quantitative estimate of drug-likeness (QED) is 0.651. The van der Waals surface area contributed by atoms with Crippen molar-refractivity contribution in [2.45, 2.75) is 58.0 Å². The summed E-state index contributed by atoms with van der Waals surface area (Å²) in [6.45, 7) is 4.80.